The molecule has 1 atom stereocenters. The third-order valence-corrected chi connectivity index (χ3v) is 8.38. The van der Waals surface area contributed by atoms with Gasteiger partial charge in [-0.15, -0.1) is 0 Å². The molecule has 2 fully saturated rings. The maximum atomic E-state index is 16.6. The highest BCUT2D eigenvalue weighted by molar-refractivity contribution is 6.35. The largest absolute Gasteiger partial charge is 0.462 e. The van der Waals surface area contributed by atoms with E-state index >= 15 is 8.78 Å². The fourth-order valence-electron chi connectivity index (χ4n) is 5.80. The number of ether oxygens (including phenoxy) is 1. The quantitative estimate of drug-likeness (QED) is 0.312. The van der Waals surface area contributed by atoms with Crippen molar-refractivity contribution in [2.45, 2.75) is 18.9 Å². The van der Waals surface area contributed by atoms with Gasteiger partial charge < -0.3 is 19.4 Å². The first-order valence-corrected chi connectivity index (χ1v) is 13.9. The van der Waals surface area contributed by atoms with Crippen LogP contribution in [0.2, 0.25) is 5.02 Å². The second-order valence-corrected chi connectivity index (χ2v) is 10.9. The number of hydrogen-bond donors (Lipinski definition) is 0. The normalized spacial score (nSPS) is 18.0. The lowest BCUT2D eigenvalue weighted by Gasteiger charge is -2.35. The Hall–Kier alpha value is -3.83. The SMILES string of the molecule is C=CC(=O)N1CCN(c2nc(OC[C@@H]3CCCN3C)nc3c(F)c(-c4c(F)ccc5cnn(C)c45)c(Cl)cc23)CC1. The fourth-order valence-corrected chi connectivity index (χ4v) is 6.09. The van der Waals surface area contributed by atoms with Gasteiger partial charge >= 0.3 is 6.01 Å². The van der Waals surface area contributed by atoms with E-state index in [9.17, 15) is 4.79 Å². The lowest BCUT2D eigenvalue weighted by atomic mass is 9.99. The zero-order valence-electron chi connectivity index (χ0n) is 22.9. The summed E-state index contributed by atoms with van der Waals surface area (Å²) < 4.78 is 39.5. The molecular formula is C29H30ClF2N7O2. The second kappa shape index (κ2) is 10.9. The van der Waals surface area contributed by atoms with Crippen LogP contribution in [0, 0.1) is 11.6 Å². The Bertz CT molecular complexity index is 1670. The van der Waals surface area contributed by atoms with Gasteiger partial charge in [-0.25, -0.2) is 8.78 Å². The summed E-state index contributed by atoms with van der Waals surface area (Å²) in [5.41, 5.74) is 0.313. The van der Waals surface area contributed by atoms with Crippen molar-refractivity contribution < 1.29 is 18.3 Å². The Morgan fingerprint density at radius 2 is 1.93 bits per heavy atom. The van der Waals surface area contributed by atoms with Crippen LogP contribution in [0.4, 0.5) is 14.6 Å². The summed E-state index contributed by atoms with van der Waals surface area (Å²) in [6.07, 6.45) is 4.94. The monoisotopic (exact) mass is 581 g/mol. The summed E-state index contributed by atoms with van der Waals surface area (Å²) >= 11 is 6.72. The summed E-state index contributed by atoms with van der Waals surface area (Å²) in [7, 11) is 3.71. The first-order chi connectivity index (χ1) is 19.8. The van der Waals surface area contributed by atoms with Gasteiger partial charge in [0.25, 0.3) is 0 Å². The van der Waals surface area contributed by atoms with Gasteiger partial charge in [-0.05, 0) is 50.7 Å². The van der Waals surface area contributed by atoms with Crippen molar-refractivity contribution in [3.8, 4) is 17.1 Å². The van der Waals surface area contributed by atoms with E-state index in [4.69, 9.17) is 21.3 Å². The summed E-state index contributed by atoms with van der Waals surface area (Å²) in [4.78, 5) is 27.2. The third kappa shape index (κ3) is 4.87. The zero-order chi connectivity index (χ0) is 28.8. The van der Waals surface area contributed by atoms with Crippen LogP contribution in [-0.4, -0.2) is 87.9 Å². The highest BCUT2D eigenvalue weighted by Crippen LogP contribution is 2.42. The number of anilines is 1. The molecule has 0 N–H and O–H groups in total. The van der Waals surface area contributed by atoms with Crippen LogP contribution in [-0.2, 0) is 11.8 Å². The molecule has 2 aromatic heterocycles. The van der Waals surface area contributed by atoms with Crippen LogP contribution in [0.3, 0.4) is 0 Å². The first-order valence-electron chi connectivity index (χ1n) is 13.6. The number of carbonyl (C=O) groups is 1. The first kappa shape index (κ1) is 27.3. The molecule has 2 aliphatic heterocycles. The van der Waals surface area contributed by atoms with E-state index in [0.717, 1.165) is 19.4 Å². The molecule has 2 aliphatic rings. The summed E-state index contributed by atoms with van der Waals surface area (Å²) in [5, 5.41) is 5.27. The van der Waals surface area contributed by atoms with Crippen LogP contribution in [0.5, 0.6) is 6.01 Å². The Balaban J connectivity index is 1.48. The van der Waals surface area contributed by atoms with Gasteiger partial charge in [0.1, 0.15) is 23.8 Å². The van der Waals surface area contributed by atoms with Crippen LogP contribution in [0.15, 0.2) is 37.1 Å². The molecule has 12 heteroatoms. The molecular weight excluding hydrogens is 552 g/mol. The number of hydrogen-bond acceptors (Lipinski definition) is 7. The van der Waals surface area contributed by atoms with Crippen molar-refractivity contribution in [1.82, 2.24) is 29.5 Å². The molecule has 2 aromatic carbocycles. The standard InChI is InChI=1S/C29H30ClF2N7O2/c1-4-22(40)38-10-12-39(13-11-38)28-19-14-20(30)23(24-21(31)8-7-17-15-33-37(3)27(17)24)25(32)26(19)34-29(35-28)41-16-18-6-5-9-36(18)2/h4,7-8,14-15,18H,1,5-6,9-13,16H2,2-3H3/t18-/m0/s1. The van der Waals surface area contributed by atoms with Crippen molar-refractivity contribution in [2.75, 3.05) is 51.3 Å². The van der Waals surface area contributed by atoms with Crippen molar-refractivity contribution in [3.63, 3.8) is 0 Å². The number of aromatic nitrogens is 4. The number of carbonyl (C=O) groups excluding carboxylic acids is 1. The number of likely N-dealkylation sites (tertiary alicyclic amines) is 1. The Labute approximate surface area is 240 Å². The second-order valence-electron chi connectivity index (χ2n) is 10.5. The molecule has 0 bridgehead atoms. The van der Waals surface area contributed by atoms with Gasteiger partial charge in [-0.1, -0.05) is 18.2 Å². The van der Waals surface area contributed by atoms with E-state index in [1.807, 2.05) is 11.9 Å². The van der Waals surface area contributed by atoms with E-state index in [0.29, 0.717) is 54.9 Å². The van der Waals surface area contributed by atoms with Crippen molar-refractivity contribution in [3.05, 3.63) is 53.7 Å². The van der Waals surface area contributed by atoms with Gasteiger partial charge in [0, 0.05) is 61.2 Å². The number of rotatable bonds is 6. The highest BCUT2D eigenvalue weighted by Gasteiger charge is 2.29. The third-order valence-electron chi connectivity index (χ3n) is 8.09. The van der Waals surface area contributed by atoms with Crippen LogP contribution in [0.1, 0.15) is 12.8 Å². The summed E-state index contributed by atoms with van der Waals surface area (Å²) in [6, 6.07) is 4.69. The molecule has 0 aliphatic carbocycles. The molecule has 6 rings (SSSR count). The van der Waals surface area contributed by atoms with Gasteiger partial charge in [-0.2, -0.15) is 15.1 Å². The van der Waals surface area contributed by atoms with Gasteiger partial charge in [0.15, 0.2) is 5.82 Å². The Kier molecular flexibility index (Phi) is 7.25. The van der Waals surface area contributed by atoms with E-state index in [2.05, 4.69) is 21.6 Å². The van der Waals surface area contributed by atoms with E-state index in [1.54, 1.807) is 30.3 Å². The van der Waals surface area contributed by atoms with Gasteiger partial charge in [-0.3, -0.25) is 9.48 Å². The number of likely N-dealkylation sites (N-methyl/N-ethyl adjacent to an activating group) is 1. The molecule has 4 heterocycles. The lowest BCUT2D eigenvalue weighted by Crippen LogP contribution is -2.48. The molecule has 0 spiro atoms. The van der Waals surface area contributed by atoms with Crippen LogP contribution in [0.25, 0.3) is 32.9 Å². The Morgan fingerprint density at radius 1 is 1.15 bits per heavy atom. The molecule has 4 aromatic rings. The number of piperazine rings is 1. The summed E-state index contributed by atoms with van der Waals surface area (Å²) in [6.45, 7) is 6.71. The number of benzene rings is 2. The lowest BCUT2D eigenvalue weighted by molar-refractivity contribution is -0.126. The predicted molar refractivity (Wildman–Crippen MR) is 154 cm³/mol. The molecule has 41 heavy (non-hydrogen) atoms. The number of aryl methyl sites for hydroxylation is 1. The zero-order valence-corrected chi connectivity index (χ0v) is 23.7. The van der Waals surface area contributed by atoms with Crippen molar-refractivity contribution in [1.29, 1.82) is 0 Å². The molecule has 0 radical (unpaired) electrons. The van der Waals surface area contributed by atoms with Crippen molar-refractivity contribution in [2.24, 2.45) is 7.05 Å². The smallest absolute Gasteiger partial charge is 0.319 e. The molecule has 2 saturated heterocycles. The topological polar surface area (TPSA) is 79.6 Å². The molecule has 1 amide bonds. The summed E-state index contributed by atoms with van der Waals surface area (Å²) in [5.74, 6) is -1.10. The Morgan fingerprint density at radius 3 is 2.63 bits per heavy atom. The minimum Gasteiger partial charge on any atom is -0.462 e. The fraction of sp³-hybridized carbons (Fsp3) is 0.379. The minimum absolute atomic E-state index is 0.0127. The molecule has 0 unspecified atom stereocenters. The predicted octanol–water partition coefficient (Wildman–Crippen LogP) is 4.42. The molecule has 0 saturated carbocycles. The van der Waals surface area contributed by atoms with E-state index in [-0.39, 0.29) is 39.6 Å². The molecule has 214 valence electrons. The van der Waals surface area contributed by atoms with Gasteiger partial charge in [0.2, 0.25) is 5.91 Å². The number of amides is 1. The van der Waals surface area contributed by atoms with Crippen molar-refractivity contribution >= 4 is 45.1 Å². The average molecular weight is 582 g/mol. The highest BCUT2D eigenvalue weighted by atomic mass is 35.5. The van der Waals surface area contributed by atoms with Gasteiger partial charge in [0.05, 0.1) is 16.7 Å². The maximum absolute atomic E-state index is 16.6. The average Bonchev–Trinajstić information content (AvgIpc) is 3.57. The molecule has 9 nitrogen and oxygen atoms in total. The minimum atomic E-state index is -0.771. The van der Waals surface area contributed by atoms with Crippen LogP contribution >= 0.6 is 11.6 Å². The van der Waals surface area contributed by atoms with E-state index < -0.39 is 11.6 Å². The number of halogens is 3. The maximum Gasteiger partial charge on any atom is 0.319 e. The van der Waals surface area contributed by atoms with Crippen LogP contribution < -0.4 is 9.64 Å². The number of nitrogens with zero attached hydrogens (tertiary/aromatic N) is 7. The number of fused-ring (bicyclic) bond motifs is 2. The van der Waals surface area contributed by atoms with E-state index in [1.165, 1.54) is 16.8 Å².